The zero-order valence-electron chi connectivity index (χ0n) is 12.7. The number of benzene rings is 1. The largest absolute Gasteiger partial charge is 0.305 e. The summed E-state index contributed by atoms with van der Waals surface area (Å²) in [6, 6.07) is 4.46. The standard InChI is InChI=1S/C17H21F2NS/c1-4-9-20-16(17-12(5-2)8-10-21-17)14-13(18)7-6-11(3)15(14)19/h6-8,10,16,20H,4-5,9H2,1-3H3. The van der Waals surface area contributed by atoms with E-state index < -0.39 is 17.7 Å². The predicted octanol–water partition coefficient (Wildman–Crippen LogP) is 4.99. The third-order valence-electron chi connectivity index (χ3n) is 3.63. The van der Waals surface area contributed by atoms with Crippen LogP contribution >= 0.6 is 11.3 Å². The summed E-state index contributed by atoms with van der Waals surface area (Å²) in [5.41, 5.74) is 1.76. The molecule has 0 aliphatic heterocycles. The molecule has 1 nitrogen and oxygen atoms in total. The number of nitrogens with one attached hydrogen (secondary N) is 1. The van der Waals surface area contributed by atoms with Crippen LogP contribution < -0.4 is 5.32 Å². The minimum atomic E-state index is -0.484. The maximum atomic E-state index is 14.5. The average Bonchev–Trinajstić information content (AvgIpc) is 2.95. The van der Waals surface area contributed by atoms with Gasteiger partial charge < -0.3 is 5.32 Å². The van der Waals surface area contributed by atoms with Gasteiger partial charge in [-0.05, 0) is 54.9 Å². The Hall–Kier alpha value is -1.26. The van der Waals surface area contributed by atoms with Crippen LogP contribution in [0.1, 0.15) is 47.9 Å². The van der Waals surface area contributed by atoms with E-state index in [1.54, 1.807) is 18.3 Å². The van der Waals surface area contributed by atoms with Gasteiger partial charge in [0.15, 0.2) is 0 Å². The second kappa shape index (κ2) is 7.14. The Morgan fingerprint density at radius 2 is 1.95 bits per heavy atom. The van der Waals surface area contributed by atoms with Crippen LogP contribution in [0.3, 0.4) is 0 Å². The highest BCUT2D eigenvalue weighted by Gasteiger charge is 2.25. The predicted molar refractivity (Wildman–Crippen MR) is 84.9 cm³/mol. The second-order valence-corrected chi connectivity index (χ2v) is 6.09. The van der Waals surface area contributed by atoms with E-state index >= 15 is 0 Å². The molecule has 1 unspecified atom stereocenters. The smallest absolute Gasteiger partial charge is 0.134 e. The van der Waals surface area contributed by atoms with Gasteiger partial charge in [0, 0.05) is 10.4 Å². The monoisotopic (exact) mass is 309 g/mol. The Balaban J connectivity index is 2.53. The first-order valence-electron chi connectivity index (χ1n) is 7.34. The highest BCUT2D eigenvalue weighted by atomic mass is 32.1. The summed E-state index contributed by atoms with van der Waals surface area (Å²) in [7, 11) is 0. The summed E-state index contributed by atoms with van der Waals surface area (Å²) in [5, 5.41) is 5.29. The van der Waals surface area contributed by atoms with Crippen molar-refractivity contribution in [2.75, 3.05) is 6.54 Å². The van der Waals surface area contributed by atoms with Crippen LogP contribution in [0.25, 0.3) is 0 Å². The van der Waals surface area contributed by atoms with E-state index in [1.807, 2.05) is 18.4 Å². The number of hydrogen-bond acceptors (Lipinski definition) is 2. The van der Waals surface area contributed by atoms with Gasteiger partial charge in [-0.1, -0.05) is 19.9 Å². The van der Waals surface area contributed by atoms with Crippen LogP contribution in [0.15, 0.2) is 23.6 Å². The van der Waals surface area contributed by atoms with Crippen molar-refractivity contribution in [3.63, 3.8) is 0 Å². The summed E-state index contributed by atoms with van der Waals surface area (Å²) in [5.74, 6) is -0.929. The lowest BCUT2D eigenvalue weighted by molar-refractivity contribution is 0.501. The van der Waals surface area contributed by atoms with Crippen LogP contribution in [0.2, 0.25) is 0 Å². The van der Waals surface area contributed by atoms with Gasteiger partial charge in [0.25, 0.3) is 0 Å². The van der Waals surface area contributed by atoms with E-state index in [0.29, 0.717) is 5.56 Å². The number of rotatable bonds is 6. The molecule has 4 heteroatoms. The molecule has 1 N–H and O–H groups in total. The first-order valence-corrected chi connectivity index (χ1v) is 8.22. The molecule has 1 heterocycles. The quantitative estimate of drug-likeness (QED) is 0.793. The van der Waals surface area contributed by atoms with Crippen molar-refractivity contribution in [3.8, 4) is 0 Å². The van der Waals surface area contributed by atoms with Gasteiger partial charge in [0.2, 0.25) is 0 Å². The minimum absolute atomic E-state index is 0.139. The van der Waals surface area contributed by atoms with Crippen molar-refractivity contribution in [1.82, 2.24) is 5.32 Å². The fourth-order valence-electron chi connectivity index (χ4n) is 2.45. The zero-order valence-corrected chi connectivity index (χ0v) is 13.5. The highest BCUT2D eigenvalue weighted by molar-refractivity contribution is 7.10. The lowest BCUT2D eigenvalue weighted by atomic mass is 9.98. The molecular formula is C17H21F2NS. The number of hydrogen-bond donors (Lipinski definition) is 1. The third kappa shape index (κ3) is 3.33. The van der Waals surface area contributed by atoms with Crippen molar-refractivity contribution in [1.29, 1.82) is 0 Å². The zero-order chi connectivity index (χ0) is 15.4. The van der Waals surface area contributed by atoms with E-state index in [1.165, 1.54) is 12.1 Å². The molecule has 1 aromatic carbocycles. The van der Waals surface area contributed by atoms with Gasteiger partial charge >= 0.3 is 0 Å². The first kappa shape index (κ1) is 16.1. The van der Waals surface area contributed by atoms with E-state index in [2.05, 4.69) is 12.2 Å². The second-order valence-electron chi connectivity index (χ2n) is 5.14. The Kier molecular flexibility index (Phi) is 5.48. The number of halogens is 2. The lowest BCUT2D eigenvalue weighted by Gasteiger charge is -2.21. The fourth-order valence-corrected chi connectivity index (χ4v) is 3.53. The molecule has 0 saturated carbocycles. The summed E-state index contributed by atoms with van der Waals surface area (Å²) in [6.07, 6.45) is 1.77. The molecule has 0 fully saturated rings. The normalized spacial score (nSPS) is 12.6. The summed E-state index contributed by atoms with van der Waals surface area (Å²) >= 11 is 1.55. The molecule has 21 heavy (non-hydrogen) atoms. The maximum Gasteiger partial charge on any atom is 0.134 e. The minimum Gasteiger partial charge on any atom is -0.305 e. The van der Waals surface area contributed by atoms with Crippen molar-refractivity contribution >= 4 is 11.3 Å². The molecule has 0 spiro atoms. The molecule has 0 aliphatic rings. The third-order valence-corrected chi connectivity index (χ3v) is 4.65. The van der Waals surface area contributed by atoms with Crippen LogP contribution in [-0.4, -0.2) is 6.54 Å². The van der Waals surface area contributed by atoms with Crippen molar-refractivity contribution in [2.45, 2.75) is 39.7 Å². The fraction of sp³-hybridized carbons (Fsp3) is 0.412. The van der Waals surface area contributed by atoms with Crippen LogP contribution in [0.4, 0.5) is 8.78 Å². The molecule has 1 aromatic heterocycles. The molecule has 2 rings (SSSR count). The van der Waals surface area contributed by atoms with E-state index in [4.69, 9.17) is 0 Å². The highest BCUT2D eigenvalue weighted by Crippen LogP contribution is 2.34. The Bertz CT molecular complexity index is 607. The molecule has 0 aliphatic carbocycles. The molecule has 114 valence electrons. The first-order chi connectivity index (χ1) is 10.1. The van der Waals surface area contributed by atoms with Crippen LogP contribution in [0, 0.1) is 18.6 Å². The van der Waals surface area contributed by atoms with Crippen LogP contribution in [-0.2, 0) is 6.42 Å². The Labute approximate surface area is 129 Å². The lowest BCUT2D eigenvalue weighted by Crippen LogP contribution is -2.25. The van der Waals surface area contributed by atoms with Crippen LogP contribution in [0.5, 0.6) is 0 Å². The average molecular weight is 309 g/mol. The van der Waals surface area contributed by atoms with Crippen molar-refractivity contribution < 1.29 is 8.78 Å². The number of aryl methyl sites for hydroxylation is 2. The summed E-state index contributed by atoms with van der Waals surface area (Å²) in [6.45, 7) is 6.50. The molecular weight excluding hydrogens is 288 g/mol. The van der Waals surface area contributed by atoms with Gasteiger partial charge in [-0.15, -0.1) is 11.3 Å². The SMILES string of the molecule is CCCNC(c1sccc1CC)c1c(F)ccc(C)c1F. The van der Waals surface area contributed by atoms with Crippen molar-refractivity contribution in [2.24, 2.45) is 0 Å². The topological polar surface area (TPSA) is 12.0 Å². The number of thiophene rings is 1. The molecule has 0 amide bonds. The van der Waals surface area contributed by atoms with Gasteiger partial charge in [-0.3, -0.25) is 0 Å². The molecule has 0 bridgehead atoms. The summed E-state index contributed by atoms with van der Waals surface area (Å²) in [4.78, 5) is 1.01. The van der Waals surface area contributed by atoms with Crippen molar-refractivity contribution in [3.05, 3.63) is 56.8 Å². The molecule has 2 aromatic rings. The Morgan fingerprint density at radius 3 is 2.62 bits per heavy atom. The van der Waals surface area contributed by atoms with Gasteiger partial charge in [-0.25, -0.2) is 8.78 Å². The van der Waals surface area contributed by atoms with Gasteiger partial charge in [-0.2, -0.15) is 0 Å². The maximum absolute atomic E-state index is 14.5. The molecule has 0 radical (unpaired) electrons. The van der Waals surface area contributed by atoms with Gasteiger partial charge in [0.05, 0.1) is 6.04 Å². The Morgan fingerprint density at radius 1 is 1.19 bits per heavy atom. The van der Waals surface area contributed by atoms with E-state index in [9.17, 15) is 8.78 Å². The van der Waals surface area contributed by atoms with E-state index in [0.717, 1.165) is 29.8 Å². The van der Waals surface area contributed by atoms with Gasteiger partial charge in [0.1, 0.15) is 11.6 Å². The van der Waals surface area contributed by atoms with E-state index in [-0.39, 0.29) is 5.56 Å². The molecule has 1 atom stereocenters. The molecule has 0 saturated heterocycles. The summed E-state index contributed by atoms with van der Waals surface area (Å²) < 4.78 is 28.8.